The Bertz CT molecular complexity index is 173. The van der Waals surface area contributed by atoms with Crippen molar-refractivity contribution in [3.63, 3.8) is 0 Å². The molecule has 1 heterocycles. The van der Waals surface area contributed by atoms with Crippen LogP contribution in [-0.4, -0.2) is 49.3 Å². The summed E-state index contributed by atoms with van der Waals surface area (Å²) in [6.45, 7) is 13.1. The standard InChI is InChI=1S/C12H26N2O/c1-10(2)13-6-5-11(3)14-7-8-15-12(4)9-14/h10-13H,5-9H2,1-4H3. The number of nitrogens with one attached hydrogen (secondary N) is 1. The molecule has 0 aromatic carbocycles. The lowest BCUT2D eigenvalue weighted by Gasteiger charge is -2.35. The molecule has 3 nitrogen and oxygen atoms in total. The number of rotatable bonds is 5. The van der Waals surface area contributed by atoms with Crippen LogP contribution in [0.2, 0.25) is 0 Å². The Morgan fingerprint density at radius 3 is 2.73 bits per heavy atom. The molecule has 0 bridgehead atoms. The van der Waals surface area contributed by atoms with Crippen molar-refractivity contribution in [2.75, 3.05) is 26.2 Å². The molecule has 1 fully saturated rings. The van der Waals surface area contributed by atoms with Crippen LogP contribution in [0.3, 0.4) is 0 Å². The first kappa shape index (κ1) is 12.9. The van der Waals surface area contributed by atoms with Crippen LogP contribution in [0.15, 0.2) is 0 Å². The summed E-state index contributed by atoms with van der Waals surface area (Å²) in [7, 11) is 0. The zero-order valence-electron chi connectivity index (χ0n) is 10.6. The highest BCUT2D eigenvalue weighted by Gasteiger charge is 2.20. The molecule has 1 saturated heterocycles. The highest BCUT2D eigenvalue weighted by atomic mass is 16.5. The summed E-state index contributed by atoms with van der Waals surface area (Å²) < 4.78 is 5.54. The van der Waals surface area contributed by atoms with E-state index in [-0.39, 0.29) is 0 Å². The molecule has 3 heteroatoms. The molecule has 2 atom stereocenters. The van der Waals surface area contributed by atoms with Crippen molar-refractivity contribution >= 4 is 0 Å². The molecular weight excluding hydrogens is 188 g/mol. The molecule has 0 spiro atoms. The van der Waals surface area contributed by atoms with Gasteiger partial charge in [0.25, 0.3) is 0 Å². The van der Waals surface area contributed by atoms with Crippen LogP contribution in [0.4, 0.5) is 0 Å². The Hall–Kier alpha value is -0.120. The molecule has 2 unspecified atom stereocenters. The molecule has 0 radical (unpaired) electrons. The zero-order valence-corrected chi connectivity index (χ0v) is 10.6. The number of hydrogen-bond donors (Lipinski definition) is 1. The fraction of sp³-hybridized carbons (Fsp3) is 1.00. The lowest BCUT2D eigenvalue weighted by atomic mass is 10.1. The number of morpholine rings is 1. The minimum absolute atomic E-state index is 0.402. The van der Waals surface area contributed by atoms with Gasteiger partial charge in [0, 0.05) is 25.2 Å². The van der Waals surface area contributed by atoms with Gasteiger partial charge in [-0.25, -0.2) is 0 Å². The fourth-order valence-corrected chi connectivity index (χ4v) is 2.01. The smallest absolute Gasteiger partial charge is 0.0674 e. The third kappa shape index (κ3) is 4.96. The summed E-state index contributed by atoms with van der Waals surface area (Å²) in [6.07, 6.45) is 1.63. The van der Waals surface area contributed by atoms with Gasteiger partial charge in [-0.2, -0.15) is 0 Å². The number of nitrogens with zero attached hydrogens (tertiary/aromatic N) is 1. The second-order valence-corrected chi connectivity index (χ2v) is 4.92. The van der Waals surface area contributed by atoms with Gasteiger partial charge in [0.05, 0.1) is 12.7 Å². The van der Waals surface area contributed by atoms with Gasteiger partial charge in [0.1, 0.15) is 0 Å². The molecular formula is C12H26N2O. The predicted molar refractivity (Wildman–Crippen MR) is 64.2 cm³/mol. The number of hydrogen-bond acceptors (Lipinski definition) is 3. The Morgan fingerprint density at radius 1 is 1.40 bits per heavy atom. The van der Waals surface area contributed by atoms with E-state index < -0.39 is 0 Å². The summed E-state index contributed by atoms with van der Waals surface area (Å²) >= 11 is 0. The van der Waals surface area contributed by atoms with Gasteiger partial charge < -0.3 is 10.1 Å². The van der Waals surface area contributed by atoms with E-state index in [9.17, 15) is 0 Å². The first-order valence-corrected chi connectivity index (χ1v) is 6.18. The van der Waals surface area contributed by atoms with Gasteiger partial charge in [-0.3, -0.25) is 4.90 Å². The van der Waals surface area contributed by atoms with Crippen LogP contribution in [0.5, 0.6) is 0 Å². The fourth-order valence-electron chi connectivity index (χ4n) is 2.01. The van der Waals surface area contributed by atoms with Crippen LogP contribution < -0.4 is 5.32 Å². The minimum Gasteiger partial charge on any atom is -0.376 e. The normalized spacial score (nSPS) is 25.8. The zero-order chi connectivity index (χ0) is 11.3. The highest BCUT2D eigenvalue weighted by Crippen LogP contribution is 2.10. The van der Waals surface area contributed by atoms with Crippen LogP contribution in [0.1, 0.15) is 34.1 Å². The lowest BCUT2D eigenvalue weighted by Crippen LogP contribution is -2.46. The van der Waals surface area contributed by atoms with Crippen LogP contribution in [0.25, 0.3) is 0 Å². The van der Waals surface area contributed by atoms with E-state index >= 15 is 0 Å². The molecule has 1 rings (SSSR count). The van der Waals surface area contributed by atoms with Gasteiger partial charge in [0.2, 0.25) is 0 Å². The van der Waals surface area contributed by atoms with Crippen LogP contribution in [-0.2, 0) is 4.74 Å². The van der Waals surface area contributed by atoms with Crippen molar-refractivity contribution in [3.8, 4) is 0 Å². The molecule has 15 heavy (non-hydrogen) atoms. The van der Waals surface area contributed by atoms with Gasteiger partial charge in [0.15, 0.2) is 0 Å². The molecule has 0 aromatic rings. The van der Waals surface area contributed by atoms with E-state index in [2.05, 4.69) is 37.9 Å². The molecule has 1 aliphatic heterocycles. The summed E-state index contributed by atoms with van der Waals surface area (Å²) in [6, 6.07) is 1.27. The summed E-state index contributed by atoms with van der Waals surface area (Å²) in [4.78, 5) is 2.54. The SMILES string of the molecule is CC(C)NCCC(C)N1CCOC(C)C1. The van der Waals surface area contributed by atoms with E-state index in [0.29, 0.717) is 18.2 Å². The topological polar surface area (TPSA) is 24.5 Å². The summed E-state index contributed by atoms with van der Waals surface area (Å²) in [5.74, 6) is 0. The van der Waals surface area contributed by atoms with Gasteiger partial charge in [-0.05, 0) is 26.8 Å². The minimum atomic E-state index is 0.402. The summed E-state index contributed by atoms with van der Waals surface area (Å²) in [5, 5.41) is 3.47. The van der Waals surface area contributed by atoms with Crippen molar-refractivity contribution < 1.29 is 4.74 Å². The molecule has 90 valence electrons. The van der Waals surface area contributed by atoms with E-state index in [4.69, 9.17) is 4.74 Å². The Labute approximate surface area is 94.2 Å². The summed E-state index contributed by atoms with van der Waals surface area (Å²) in [5.41, 5.74) is 0. The maximum absolute atomic E-state index is 5.54. The Morgan fingerprint density at radius 2 is 2.13 bits per heavy atom. The molecule has 0 saturated carbocycles. The van der Waals surface area contributed by atoms with Crippen molar-refractivity contribution in [3.05, 3.63) is 0 Å². The first-order chi connectivity index (χ1) is 7.09. The second-order valence-electron chi connectivity index (χ2n) is 4.92. The van der Waals surface area contributed by atoms with Crippen LogP contribution in [0, 0.1) is 0 Å². The van der Waals surface area contributed by atoms with Gasteiger partial charge >= 0.3 is 0 Å². The van der Waals surface area contributed by atoms with E-state index in [0.717, 1.165) is 26.2 Å². The van der Waals surface area contributed by atoms with Crippen molar-refractivity contribution in [1.29, 1.82) is 0 Å². The third-order valence-corrected chi connectivity index (χ3v) is 3.01. The highest BCUT2D eigenvalue weighted by molar-refractivity contribution is 4.74. The third-order valence-electron chi connectivity index (χ3n) is 3.01. The molecule has 1 N–H and O–H groups in total. The second kappa shape index (κ2) is 6.46. The monoisotopic (exact) mass is 214 g/mol. The van der Waals surface area contributed by atoms with E-state index in [1.807, 2.05) is 0 Å². The van der Waals surface area contributed by atoms with E-state index in [1.165, 1.54) is 6.42 Å². The Kier molecular flexibility index (Phi) is 5.58. The average molecular weight is 214 g/mol. The maximum Gasteiger partial charge on any atom is 0.0674 e. The average Bonchev–Trinajstić information content (AvgIpc) is 2.17. The van der Waals surface area contributed by atoms with E-state index in [1.54, 1.807) is 0 Å². The van der Waals surface area contributed by atoms with Crippen LogP contribution >= 0.6 is 0 Å². The van der Waals surface area contributed by atoms with Crippen molar-refractivity contribution in [2.45, 2.75) is 52.3 Å². The number of ether oxygens (including phenoxy) is 1. The lowest BCUT2D eigenvalue weighted by molar-refractivity contribution is -0.0324. The first-order valence-electron chi connectivity index (χ1n) is 6.18. The molecule has 0 aromatic heterocycles. The van der Waals surface area contributed by atoms with Gasteiger partial charge in [-0.1, -0.05) is 13.8 Å². The van der Waals surface area contributed by atoms with Crippen molar-refractivity contribution in [1.82, 2.24) is 10.2 Å². The maximum atomic E-state index is 5.54. The molecule has 1 aliphatic rings. The van der Waals surface area contributed by atoms with Crippen molar-refractivity contribution in [2.24, 2.45) is 0 Å². The largest absolute Gasteiger partial charge is 0.376 e. The molecule has 0 amide bonds. The predicted octanol–water partition coefficient (Wildman–Crippen LogP) is 1.48. The van der Waals surface area contributed by atoms with Gasteiger partial charge in [-0.15, -0.1) is 0 Å². The quantitative estimate of drug-likeness (QED) is 0.750. The molecule has 0 aliphatic carbocycles. The Balaban J connectivity index is 2.17.